The summed E-state index contributed by atoms with van der Waals surface area (Å²) in [6.45, 7) is 4.50. The third-order valence-electron chi connectivity index (χ3n) is 1.70. The van der Waals surface area contributed by atoms with Gasteiger partial charge in [0.05, 0.1) is 12.9 Å². The predicted octanol–water partition coefficient (Wildman–Crippen LogP) is 0.505. The Kier molecular flexibility index (Phi) is 2.14. The Hall–Kier alpha value is -1.03. The highest BCUT2D eigenvalue weighted by molar-refractivity contribution is 5.40. The second-order valence-electron chi connectivity index (χ2n) is 2.82. The van der Waals surface area contributed by atoms with Crippen LogP contribution in [0.15, 0.2) is 6.20 Å². The molecule has 0 spiro atoms. The third kappa shape index (κ3) is 1.35. The molecule has 0 unspecified atom stereocenters. The Balaban J connectivity index is 3.00. The van der Waals surface area contributed by atoms with Crippen molar-refractivity contribution in [2.45, 2.75) is 26.4 Å². The van der Waals surface area contributed by atoms with Crippen molar-refractivity contribution in [2.24, 2.45) is 5.73 Å². The monoisotopic (exact) mass is 154 g/mol. The highest BCUT2D eigenvalue weighted by Crippen LogP contribution is 2.19. The van der Waals surface area contributed by atoms with Crippen molar-refractivity contribution in [1.29, 1.82) is 0 Å². The molecule has 0 atom stereocenters. The molecular formula is C7H14N4. The lowest BCUT2D eigenvalue weighted by molar-refractivity contribution is 0.647. The molecule has 4 heteroatoms. The molecule has 0 aromatic carbocycles. The van der Waals surface area contributed by atoms with Crippen LogP contribution in [0.25, 0.3) is 0 Å². The van der Waals surface area contributed by atoms with Gasteiger partial charge in [-0.25, -0.2) is 4.68 Å². The van der Waals surface area contributed by atoms with Gasteiger partial charge in [-0.3, -0.25) is 0 Å². The third-order valence-corrected chi connectivity index (χ3v) is 1.70. The lowest BCUT2D eigenvalue weighted by Gasteiger charge is -2.03. The van der Waals surface area contributed by atoms with Gasteiger partial charge in [-0.05, 0) is 5.92 Å². The zero-order valence-corrected chi connectivity index (χ0v) is 6.91. The van der Waals surface area contributed by atoms with Crippen LogP contribution in [-0.2, 0) is 6.67 Å². The van der Waals surface area contributed by atoms with E-state index in [1.165, 1.54) is 0 Å². The molecular weight excluding hydrogens is 140 g/mol. The van der Waals surface area contributed by atoms with Crippen LogP contribution in [0.5, 0.6) is 0 Å². The van der Waals surface area contributed by atoms with Gasteiger partial charge in [-0.1, -0.05) is 13.8 Å². The highest BCUT2D eigenvalue weighted by atomic mass is 15.3. The summed E-state index contributed by atoms with van der Waals surface area (Å²) in [5.74, 6) is 1.10. The number of nitrogen functional groups attached to an aromatic ring is 1. The molecule has 0 aliphatic heterocycles. The summed E-state index contributed by atoms with van der Waals surface area (Å²) >= 11 is 0. The zero-order valence-electron chi connectivity index (χ0n) is 6.91. The van der Waals surface area contributed by atoms with Crippen LogP contribution in [0, 0.1) is 0 Å². The molecule has 11 heavy (non-hydrogen) atoms. The van der Waals surface area contributed by atoms with Crippen molar-refractivity contribution < 1.29 is 0 Å². The zero-order chi connectivity index (χ0) is 8.43. The molecule has 0 amide bonds. The Morgan fingerprint density at radius 3 is 2.55 bits per heavy atom. The molecule has 62 valence electrons. The Morgan fingerprint density at radius 2 is 2.27 bits per heavy atom. The molecule has 4 N–H and O–H groups in total. The molecule has 0 fully saturated rings. The molecule has 4 nitrogen and oxygen atoms in total. The molecule has 0 aliphatic rings. The molecule has 0 radical (unpaired) electrons. The minimum Gasteiger partial charge on any atom is -0.384 e. The van der Waals surface area contributed by atoms with Crippen molar-refractivity contribution in [3.8, 4) is 0 Å². The Bertz CT molecular complexity index is 239. The summed E-state index contributed by atoms with van der Waals surface area (Å²) in [4.78, 5) is 0. The van der Waals surface area contributed by atoms with Crippen molar-refractivity contribution in [3.63, 3.8) is 0 Å². The smallest absolute Gasteiger partial charge is 0.126 e. The number of nitrogens with two attached hydrogens (primary N) is 2. The van der Waals surface area contributed by atoms with E-state index in [2.05, 4.69) is 18.9 Å². The number of rotatable bonds is 2. The Morgan fingerprint density at radius 1 is 1.64 bits per heavy atom. The van der Waals surface area contributed by atoms with Crippen LogP contribution in [0.1, 0.15) is 25.3 Å². The Labute approximate surface area is 66.2 Å². The van der Waals surface area contributed by atoms with Gasteiger partial charge in [0.1, 0.15) is 5.82 Å². The van der Waals surface area contributed by atoms with E-state index in [9.17, 15) is 0 Å². The normalized spacial score (nSPS) is 10.9. The van der Waals surface area contributed by atoms with E-state index in [0.717, 1.165) is 5.56 Å². The van der Waals surface area contributed by atoms with Crippen LogP contribution in [0.2, 0.25) is 0 Å². The topological polar surface area (TPSA) is 69.9 Å². The predicted molar refractivity (Wildman–Crippen MR) is 44.9 cm³/mol. The summed E-state index contributed by atoms with van der Waals surface area (Å²) in [6, 6.07) is 0. The summed E-state index contributed by atoms with van der Waals surface area (Å²) in [5.41, 5.74) is 12.2. The van der Waals surface area contributed by atoms with E-state index < -0.39 is 0 Å². The van der Waals surface area contributed by atoms with Gasteiger partial charge in [0, 0.05) is 5.56 Å². The number of hydrogen-bond donors (Lipinski definition) is 2. The van der Waals surface area contributed by atoms with Crippen LogP contribution >= 0.6 is 0 Å². The van der Waals surface area contributed by atoms with Crippen LogP contribution in [0.4, 0.5) is 5.82 Å². The molecule has 0 bridgehead atoms. The van der Waals surface area contributed by atoms with Crippen LogP contribution in [-0.4, -0.2) is 9.78 Å². The van der Waals surface area contributed by atoms with E-state index >= 15 is 0 Å². The van der Waals surface area contributed by atoms with Gasteiger partial charge in [0.25, 0.3) is 0 Å². The van der Waals surface area contributed by atoms with Crippen molar-refractivity contribution >= 4 is 5.82 Å². The van der Waals surface area contributed by atoms with Crippen molar-refractivity contribution in [1.82, 2.24) is 9.78 Å². The minimum absolute atomic E-state index is 0.346. The average Bonchev–Trinajstić information content (AvgIpc) is 2.30. The van der Waals surface area contributed by atoms with E-state index in [1.807, 2.05) is 0 Å². The standard InChI is InChI=1S/C7H14N4/c1-5(2)6-3-10-11(4-8)7(6)9/h3,5H,4,8-9H2,1-2H3. The molecule has 0 saturated heterocycles. The lowest BCUT2D eigenvalue weighted by Crippen LogP contribution is -2.11. The fourth-order valence-electron chi connectivity index (χ4n) is 1.000. The van der Waals surface area contributed by atoms with E-state index in [4.69, 9.17) is 11.5 Å². The molecule has 1 aromatic rings. The van der Waals surface area contributed by atoms with Gasteiger partial charge in [-0.15, -0.1) is 0 Å². The second-order valence-corrected chi connectivity index (χ2v) is 2.82. The first-order chi connectivity index (χ1) is 5.16. The van der Waals surface area contributed by atoms with Gasteiger partial charge in [-0.2, -0.15) is 5.10 Å². The first-order valence-electron chi connectivity index (χ1n) is 3.68. The highest BCUT2D eigenvalue weighted by Gasteiger charge is 2.08. The van der Waals surface area contributed by atoms with Gasteiger partial charge in [0.2, 0.25) is 0 Å². The quantitative estimate of drug-likeness (QED) is 0.651. The molecule has 1 heterocycles. The number of hydrogen-bond acceptors (Lipinski definition) is 3. The van der Waals surface area contributed by atoms with E-state index in [-0.39, 0.29) is 0 Å². The largest absolute Gasteiger partial charge is 0.384 e. The molecule has 1 aromatic heterocycles. The summed E-state index contributed by atoms with van der Waals surface area (Å²) in [5, 5.41) is 4.02. The molecule has 0 saturated carbocycles. The van der Waals surface area contributed by atoms with E-state index in [0.29, 0.717) is 18.4 Å². The maximum Gasteiger partial charge on any atom is 0.126 e. The fourth-order valence-corrected chi connectivity index (χ4v) is 1.000. The SMILES string of the molecule is CC(C)c1cnn(CN)c1N. The maximum absolute atomic E-state index is 5.74. The average molecular weight is 154 g/mol. The summed E-state index contributed by atoms with van der Waals surface area (Å²) < 4.78 is 1.59. The second kappa shape index (κ2) is 2.92. The van der Waals surface area contributed by atoms with Crippen LogP contribution in [0.3, 0.4) is 0 Å². The minimum atomic E-state index is 0.346. The maximum atomic E-state index is 5.74. The fraction of sp³-hybridized carbons (Fsp3) is 0.571. The summed E-state index contributed by atoms with van der Waals surface area (Å²) in [7, 11) is 0. The van der Waals surface area contributed by atoms with E-state index in [1.54, 1.807) is 10.9 Å². The number of aromatic nitrogens is 2. The molecule has 1 rings (SSSR count). The van der Waals surface area contributed by atoms with Crippen molar-refractivity contribution in [3.05, 3.63) is 11.8 Å². The number of anilines is 1. The van der Waals surface area contributed by atoms with Gasteiger partial charge < -0.3 is 11.5 Å². The van der Waals surface area contributed by atoms with Crippen LogP contribution < -0.4 is 11.5 Å². The first-order valence-corrected chi connectivity index (χ1v) is 3.68. The molecule has 0 aliphatic carbocycles. The van der Waals surface area contributed by atoms with Crippen molar-refractivity contribution in [2.75, 3.05) is 5.73 Å². The van der Waals surface area contributed by atoms with Gasteiger partial charge >= 0.3 is 0 Å². The van der Waals surface area contributed by atoms with Gasteiger partial charge in [0.15, 0.2) is 0 Å². The lowest BCUT2D eigenvalue weighted by atomic mass is 10.1. The first kappa shape index (κ1) is 8.07. The number of nitrogens with zero attached hydrogens (tertiary/aromatic N) is 2. The summed E-state index contributed by atoms with van der Waals surface area (Å²) in [6.07, 6.45) is 1.77.